The third kappa shape index (κ3) is 5.82. The standard InChI is InChI=1S/C21H27N5O5/c22-14-6-3-4-8-23-20(30)17(10-18(27)28)26-21(31)16(25-19(14)29)9-12-11-24-15-7-2-1-5-13(12)15/h1-2,5,7,11,14,16-17,24H,3-4,6,8-10,22H2,(H,23,30)(H,25,29)(H,26,31)(H,27,28)/t14-,16-,17+/m0/s1. The van der Waals surface area contributed by atoms with Crippen molar-refractivity contribution < 1.29 is 24.3 Å². The van der Waals surface area contributed by atoms with Gasteiger partial charge in [-0.3, -0.25) is 19.2 Å². The largest absolute Gasteiger partial charge is 0.481 e. The highest BCUT2D eigenvalue weighted by Gasteiger charge is 2.30. The van der Waals surface area contributed by atoms with Crippen molar-refractivity contribution in [1.29, 1.82) is 0 Å². The molecule has 0 spiro atoms. The molecule has 1 aliphatic heterocycles. The molecule has 0 radical (unpaired) electrons. The number of H-pyrrole nitrogens is 1. The molecule has 3 atom stereocenters. The quantitative estimate of drug-likeness (QED) is 0.393. The van der Waals surface area contributed by atoms with Crippen LogP contribution in [0.4, 0.5) is 0 Å². The summed E-state index contributed by atoms with van der Waals surface area (Å²) < 4.78 is 0. The molecule has 10 nitrogen and oxygen atoms in total. The average molecular weight is 429 g/mol. The highest BCUT2D eigenvalue weighted by atomic mass is 16.4. The second-order valence-corrected chi connectivity index (χ2v) is 7.68. The van der Waals surface area contributed by atoms with Crippen molar-refractivity contribution in [3.63, 3.8) is 0 Å². The van der Waals surface area contributed by atoms with Gasteiger partial charge in [0.2, 0.25) is 17.7 Å². The topological polar surface area (TPSA) is 166 Å². The number of para-hydroxylation sites is 1. The molecule has 1 saturated heterocycles. The summed E-state index contributed by atoms with van der Waals surface area (Å²) in [6.07, 6.45) is 2.93. The lowest BCUT2D eigenvalue weighted by molar-refractivity contribution is -0.141. The Labute approximate surface area is 178 Å². The van der Waals surface area contributed by atoms with Gasteiger partial charge in [0.1, 0.15) is 12.1 Å². The molecule has 31 heavy (non-hydrogen) atoms. The van der Waals surface area contributed by atoms with E-state index in [1.807, 2.05) is 24.3 Å². The average Bonchev–Trinajstić information content (AvgIpc) is 3.14. The molecule has 0 aliphatic carbocycles. The number of hydrogen-bond acceptors (Lipinski definition) is 5. The molecular formula is C21H27N5O5. The molecule has 2 aromatic rings. The van der Waals surface area contributed by atoms with Gasteiger partial charge in [0, 0.05) is 30.1 Å². The van der Waals surface area contributed by atoms with Crippen LogP contribution in [0.25, 0.3) is 10.9 Å². The number of carboxylic acids is 1. The van der Waals surface area contributed by atoms with E-state index < -0.39 is 48.2 Å². The van der Waals surface area contributed by atoms with Gasteiger partial charge >= 0.3 is 5.97 Å². The van der Waals surface area contributed by atoms with Crippen molar-refractivity contribution in [2.75, 3.05) is 6.54 Å². The van der Waals surface area contributed by atoms with E-state index in [9.17, 15) is 19.2 Å². The summed E-state index contributed by atoms with van der Waals surface area (Å²) in [6.45, 7) is 0.304. The lowest BCUT2D eigenvalue weighted by atomic mass is 10.0. The van der Waals surface area contributed by atoms with E-state index in [0.717, 1.165) is 16.5 Å². The number of amides is 3. The van der Waals surface area contributed by atoms with Crippen LogP contribution < -0.4 is 21.7 Å². The predicted octanol–water partition coefficient (Wildman–Crippen LogP) is -0.218. The Morgan fingerprint density at radius 1 is 1.03 bits per heavy atom. The number of nitrogens with two attached hydrogens (primary N) is 1. The maximum atomic E-state index is 13.0. The number of aromatic amines is 1. The fourth-order valence-electron chi connectivity index (χ4n) is 3.62. The molecule has 1 fully saturated rings. The van der Waals surface area contributed by atoms with E-state index in [0.29, 0.717) is 25.8 Å². The van der Waals surface area contributed by atoms with E-state index in [-0.39, 0.29) is 6.42 Å². The fraction of sp³-hybridized carbons (Fsp3) is 0.429. The van der Waals surface area contributed by atoms with Crippen LogP contribution in [0.5, 0.6) is 0 Å². The molecule has 7 N–H and O–H groups in total. The van der Waals surface area contributed by atoms with Crippen molar-refractivity contribution in [3.05, 3.63) is 36.0 Å². The Bertz CT molecular complexity index is 972. The lowest BCUT2D eigenvalue weighted by Gasteiger charge is -2.23. The third-order valence-electron chi connectivity index (χ3n) is 5.32. The van der Waals surface area contributed by atoms with Crippen LogP contribution in [0, 0.1) is 0 Å². The van der Waals surface area contributed by atoms with E-state index in [4.69, 9.17) is 10.8 Å². The van der Waals surface area contributed by atoms with Gasteiger partial charge in [-0.2, -0.15) is 0 Å². The highest BCUT2D eigenvalue weighted by molar-refractivity contribution is 5.95. The fourth-order valence-corrected chi connectivity index (χ4v) is 3.62. The summed E-state index contributed by atoms with van der Waals surface area (Å²) in [5.41, 5.74) is 7.66. The molecule has 0 saturated carbocycles. The normalized spacial score (nSPS) is 23.6. The Kier molecular flexibility index (Phi) is 7.24. The first-order chi connectivity index (χ1) is 14.8. The van der Waals surface area contributed by atoms with E-state index in [1.165, 1.54) is 0 Å². The number of benzene rings is 1. The van der Waals surface area contributed by atoms with Crippen molar-refractivity contribution >= 4 is 34.6 Å². The zero-order valence-electron chi connectivity index (χ0n) is 17.0. The summed E-state index contributed by atoms with van der Waals surface area (Å²) >= 11 is 0. The number of hydrogen-bond donors (Lipinski definition) is 6. The maximum Gasteiger partial charge on any atom is 0.305 e. The number of carbonyl (C=O) groups excluding carboxylic acids is 3. The van der Waals surface area contributed by atoms with Gasteiger partial charge in [-0.15, -0.1) is 0 Å². The van der Waals surface area contributed by atoms with Crippen LogP contribution in [-0.2, 0) is 25.6 Å². The first kappa shape index (κ1) is 22.3. The third-order valence-corrected chi connectivity index (χ3v) is 5.32. The number of nitrogens with one attached hydrogen (secondary N) is 4. The van der Waals surface area contributed by atoms with Crippen molar-refractivity contribution in [2.45, 2.75) is 50.2 Å². The second kappa shape index (κ2) is 10.1. The minimum absolute atomic E-state index is 0.149. The van der Waals surface area contributed by atoms with Crippen LogP contribution in [0.2, 0.25) is 0 Å². The van der Waals surface area contributed by atoms with Gasteiger partial charge in [0.15, 0.2) is 0 Å². The molecule has 1 aliphatic rings. The summed E-state index contributed by atoms with van der Waals surface area (Å²) in [6, 6.07) is 4.47. The van der Waals surface area contributed by atoms with Crippen molar-refractivity contribution in [1.82, 2.24) is 20.9 Å². The molecule has 166 valence electrons. The Morgan fingerprint density at radius 3 is 2.55 bits per heavy atom. The number of carbonyl (C=O) groups is 4. The van der Waals surface area contributed by atoms with Gasteiger partial charge in [-0.1, -0.05) is 18.2 Å². The monoisotopic (exact) mass is 429 g/mol. The Hall–Kier alpha value is -3.40. The highest BCUT2D eigenvalue weighted by Crippen LogP contribution is 2.19. The van der Waals surface area contributed by atoms with E-state index in [1.54, 1.807) is 6.20 Å². The van der Waals surface area contributed by atoms with E-state index >= 15 is 0 Å². The molecule has 3 rings (SSSR count). The van der Waals surface area contributed by atoms with Crippen LogP contribution in [-0.4, -0.2) is 58.5 Å². The van der Waals surface area contributed by atoms with Crippen LogP contribution in [0.3, 0.4) is 0 Å². The smallest absolute Gasteiger partial charge is 0.305 e. The summed E-state index contributed by atoms with van der Waals surface area (Å²) in [5, 5.41) is 17.9. The van der Waals surface area contributed by atoms with Crippen LogP contribution in [0.15, 0.2) is 30.5 Å². The number of aromatic nitrogens is 1. The number of aliphatic carboxylic acids is 1. The minimum atomic E-state index is -1.25. The molecule has 0 unspecified atom stereocenters. The molecular weight excluding hydrogens is 402 g/mol. The zero-order chi connectivity index (χ0) is 22.4. The SMILES string of the molecule is N[C@H]1CCCCNC(=O)[C@@H](CC(=O)O)NC(=O)[C@H](Cc2c[nH]c3ccccc23)NC1=O. The van der Waals surface area contributed by atoms with Gasteiger partial charge < -0.3 is 31.8 Å². The summed E-state index contributed by atoms with van der Waals surface area (Å²) in [4.78, 5) is 52.4. The molecule has 2 heterocycles. The van der Waals surface area contributed by atoms with Crippen LogP contribution in [0.1, 0.15) is 31.2 Å². The molecule has 3 amide bonds. The first-order valence-electron chi connectivity index (χ1n) is 10.3. The zero-order valence-corrected chi connectivity index (χ0v) is 17.0. The van der Waals surface area contributed by atoms with Crippen molar-refractivity contribution in [2.24, 2.45) is 5.73 Å². The van der Waals surface area contributed by atoms with Gasteiger partial charge in [0.05, 0.1) is 12.5 Å². The van der Waals surface area contributed by atoms with Gasteiger partial charge in [-0.05, 0) is 30.9 Å². The molecule has 1 aromatic carbocycles. The number of carboxylic acid groups (broad SMARTS) is 1. The summed E-state index contributed by atoms with van der Waals surface area (Å²) in [5.74, 6) is -2.90. The Balaban J connectivity index is 1.87. The van der Waals surface area contributed by atoms with Gasteiger partial charge in [-0.25, -0.2) is 0 Å². The molecule has 1 aromatic heterocycles. The molecule has 10 heteroatoms. The second-order valence-electron chi connectivity index (χ2n) is 7.68. The molecule has 0 bridgehead atoms. The maximum absolute atomic E-state index is 13.0. The van der Waals surface area contributed by atoms with Gasteiger partial charge in [0.25, 0.3) is 0 Å². The first-order valence-corrected chi connectivity index (χ1v) is 10.3. The van der Waals surface area contributed by atoms with Crippen molar-refractivity contribution in [3.8, 4) is 0 Å². The van der Waals surface area contributed by atoms with E-state index in [2.05, 4.69) is 20.9 Å². The number of fused-ring (bicyclic) bond motifs is 1. The number of rotatable bonds is 4. The predicted molar refractivity (Wildman–Crippen MR) is 113 cm³/mol. The minimum Gasteiger partial charge on any atom is -0.481 e. The Morgan fingerprint density at radius 2 is 1.77 bits per heavy atom. The summed E-state index contributed by atoms with van der Waals surface area (Å²) in [7, 11) is 0. The lowest BCUT2D eigenvalue weighted by Crippen LogP contribution is -2.56. The van der Waals surface area contributed by atoms with Crippen LogP contribution >= 0.6 is 0 Å².